The van der Waals surface area contributed by atoms with Gasteiger partial charge in [-0.1, -0.05) is 0 Å². The lowest BCUT2D eigenvalue weighted by Crippen LogP contribution is -2.36. The summed E-state index contributed by atoms with van der Waals surface area (Å²) in [7, 11) is 0. The molecule has 0 aliphatic carbocycles. The normalized spacial score (nSPS) is 10.9. The Balaban J connectivity index is 3.96. The quantitative estimate of drug-likeness (QED) is 0.612. The summed E-state index contributed by atoms with van der Waals surface area (Å²) < 4.78 is 10.8. The zero-order chi connectivity index (χ0) is 9.72. The van der Waals surface area contributed by atoms with Crippen LogP contribution in [0.15, 0.2) is 0 Å². The van der Waals surface area contributed by atoms with E-state index >= 15 is 0 Å². The maximum Gasteiger partial charge on any atom is 0.757 e. The molecule has 0 rings (SSSR count). The van der Waals surface area contributed by atoms with Gasteiger partial charge in [0.1, 0.15) is 4.65 Å². The van der Waals surface area contributed by atoms with E-state index in [4.69, 9.17) is 7.58 Å². The van der Waals surface area contributed by atoms with Crippen LogP contribution in [0.3, 0.4) is 0 Å². The molecular weight excluding hydrogens is 171 g/mol. The van der Waals surface area contributed by atoms with Crippen molar-refractivity contribution < 1.29 is 12.4 Å². The number of carbonyl (C=O) groups is 1. The Bertz CT molecular complexity index is 135. The molecule has 0 fully saturated rings. The molecule has 70 valence electrons. The van der Waals surface area contributed by atoms with E-state index in [0.29, 0.717) is 0 Å². The monoisotopic (exact) mass is 188 g/mol. The second kappa shape index (κ2) is 5.71. The smallest absolute Gasteiger partial charge is 0.471 e. The van der Waals surface area contributed by atoms with E-state index in [1.807, 2.05) is 27.7 Å². The van der Waals surface area contributed by atoms with Gasteiger partial charge >= 0.3 is 14.8 Å². The van der Waals surface area contributed by atoms with Crippen LogP contribution >= 0.6 is 0 Å². The van der Waals surface area contributed by atoms with Gasteiger partial charge in [0.05, 0.1) is 0 Å². The molecule has 0 aromatic heterocycles. The summed E-state index contributed by atoms with van der Waals surface area (Å²) in [6, 6.07) is 0. The molecule has 0 N–H and O–H groups in total. The average molecular weight is 188 g/mol. The minimum Gasteiger partial charge on any atom is -0.471 e. The van der Waals surface area contributed by atoms with E-state index < -0.39 is 14.8 Å². The Morgan fingerprint density at radius 3 is 1.58 bits per heavy atom. The third kappa shape index (κ3) is 5.73. The first kappa shape index (κ1) is 12.1. The Labute approximate surface area is 79.1 Å². The highest BCUT2D eigenvalue weighted by atomic mass is 27.2. The van der Waals surface area contributed by atoms with Crippen molar-refractivity contribution in [2.45, 2.75) is 46.8 Å². The van der Waals surface area contributed by atoms with Gasteiger partial charge in [0, 0.05) is 12.2 Å². The molecule has 0 aliphatic rings. The summed E-state index contributed by atoms with van der Waals surface area (Å²) in [5, 5.41) is 0. The van der Waals surface area contributed by atoms with Crippen molar-refractivity contribution in [1.82, 2.24) is 0 Å². The molecule has 0 spiro atoms. The SMILES string of the molecule is C[C](=O)[Al]([O]C(C)C)[O]C(C)C. The standard InChI is InChI=1S/2C3H7O.C2H3O.Al/c2*1-3(2)4;1-2-3;/h2*3H,1-2H3;1H3;/q2*-1;;+2. The highest BCUT2D eigenvalue weighted by Crippen LogP contribution is 2.00. The molecular formula is C8H17AlO3. The lowest BCUT2D eigenvalue weighted by molar-refractivity contribution is -0.113. The van der Waals surface area contributed by atoms with Gasteiger partial charge in [-0.25, -0.2) is 0 Å². The van der Waals surface area contributed by atoms with Crippen LogP contribution < -0.4 is 0 Å². The molecule has 0 atom stereocenters. The second-order valence-corrected chi connectivity index (χ2v) is 5.33. The van der Waals surface area contributed by atoms with Crippen LogP contribution in [0.1, 0.15) is 34.6 Å². The van der Waals surface area contributed by atoms with Crippen molar-refractivity contribution >= 4 is 19.5 Å². The molecule has 0 saturated heterocycles. The summed E-state index contributed by atoms with van der Waals surface area (Å²) in [6.45, 7) is 9.17. The first-order chi connectivity index (χ1) is 5.43. The van der Waals surface area contributed by atoms with E-state index in [0.717, 1.165) is 0 Å². The minimum absolute atomic E-state index is 0.0531. The maximum absolute atomic E-state index is 11.0. The third-order valence-electron chi connectivity index (χ3n) is 1.12. The molecule has 4 heteroatoms. The summed E-state index contributed by atoms with van der Waals surface area (Å²) in [5.74, 6) is 0. The Morgan fingerprint density at radius 1 is 1.08 bits per heavy atom. The van der Waals surface area contributed by atoms with Gasteiger partial charge in [-0.15, -0.1) is 0 Å². The van der Waals surface area contributed by atoms with Crippen LogP contribution in [0.2, 0.25) is 0 Å². The molecule has 3 nitrogen and oxygen atoms in total. The van der Waals surface area contributed by atoms with E-state index in [2.05, 4.69) is 0 Å². The fourth-order valence-electron chi connectivity index (χ4n) is 0.718. The molecule has 0 aliphatic heterocycles. The van der Waals surface area contributed by atoms with Gasteiger partial charge in [-0.2, -0.15) is 0 Å². The van der Waals surface area contributed by atoms with E-state index in [1.165, 1.54) is 6.92 Å². The van der Waals surface area contributed by atoms with Crippen LogP contribution in [0, 0.1) is 0 Å². The summed E-state index contributed by atoms with van der Waals surface area (Å²) >= 11 is -2.06. The van der Waals surface area contributed by atoms with Crippen molar-refractivity contribution in [2.75, 3.05) is 0 Å². The first-order valence-electron chi connectivity index (χ1n) is 4.25. The average Bonchev–Trinajstić information content (AvgIpc) is 1.83. The van der Waals surface area contributed by atoms with Crippen molar-refractivity contribution in [2.24, 2.45) is 0 Å². The Kier molecular flexibility index (Phi) is 5.77. The molecule has 0 amide bonds. The van der Waals surface area contributed by atoms with E-state index in [1.54, 1.807) is 0 Å². The van der Waals surface area contributed by atoms with Crippen molar-refractivity contribution in [3.63, 3.8) is 0 Å². The molecule has 0 aromatic rings. The fourth-order valence-corrected chi connectivity index (χ4v) is 2.15. The van der Waals surface area contributed by atoms with Crippen LogP contribution in [0.25, 0.3) is 0 Å². The third-order valence-corrected chi connectivity index (χ3v) is 3.37. The highest BCUT2D eigenvalue weighted by Gasteiger charge is 2.34. The van der Waals surface area contributed by atoms with Crippen LogP contribution in [0.5, 0.6) is 0 Å². The van der Waals surface area contributed by atoms with E-state index in [9.17, 15) is 4.79 Å². The molecule has 0 heterocycles. The lowest BCUT2D eigenvalue weighted by atomic mass is 10.5. The topological polar surface area (TPSA) is 35.5 Å². The molecule has 12 heavy (non-hydrogen) atoms. The Hall–Kier alpha value is 0.122. The van der Waals surface area contributed by atoms with Crippen LogP contribution in [0.4, 0.5) is 0 Å². The second-order valence-electron chi connectivity index (χ2n) is 3.31. The van der Waals surface area contributed by atoms with Crippen LogP contribution in [-0.2, 0) is 12.4 Å². The van der Waals surface area contributed by atoms with Gasteiger partial charge in [-0.05, 0) is 34.6 Å². The zero-order valence-corrected chi connectivity index (χ0v) is 9.61. The van der Waals surface area contributed by atoms with Crippen molar-refractivity contribution in [3.8, 4) is 0 Å². The maximum atomic E-state index is 11.0. The molecule has 0 aromatic carbocycles. The van der Waals surface area contributed by atoms with Crippen LogP contribution in [-0.4, -0.2) is 31.7 Å². The van der Waals surface area contributed by atoms with Gasteiger partial charge in [0.15, 0.2) is 0 Å². The minimum atomic E-state index is -2.06. The Morgan fingerprint density at radius 2 is 1.42 bits per heavy atom. The molecule has 0 saturated carbocycles. The van der Waals surface area contributed by atoms with Crippen molar-refractivity contribution in [1.29, 1.82) is 0 Å². The number of hydrogen-bond donors (Lipinski definition) is 0. The molecule has 0 bridgehead atoms. The first-order valence-corrected chi connectivity index (χ1v) is 5.77. The van der Waals surface area contributed by atoms with Gasteiger partial charge < -0.3 is 12.4 Å². The highest BCUT2D eigenvalue weighted by molar-refractivity contribution is 6.80. The fraction of sp³-hybridized carbons (Fsp3) is 0.875. The van der Waals surface area contributed by atoms with Gasteiger partial charge in [0.25, 0.3) is 0 Å². The van der Waals surface area contributed by atoms with Gasteiger partial charge in [-0.3, -0.25) is 0 Å². The summed E-state index contributed by atoms with van der Waals surface area (Å²) in [6.07, 6.45) is 0.147. The number of carbonyl (C=O) groups excluding carboxylic acids is 1. The largest absolute Gasteiger partial charge is 0.757 e. The molecule has 0 unspecified atom stereocenters. The molecule has 0 radical (unpaired) electrons. The summed E-state index contributed by atoms with van der Waals surface area (Å²) in [5.41, 5.74) is 0. The number of rotatable bonds is 5. The van der Waals surface area contributed by atoms with E-state index in [-0.39, 0.29) is 16.9 Å². The predicted octanol–water partition coefficient (Wildman–Crippen LogP) is 1.45. The zero-order valence-electron chi connectivity index (χ0n) is 8.46. The van der Waals surface area contributed by atoms with Crippen molar-refractivity contribution in [3.05, 3.63) is 0 Å². The predicted molar refractivity (Wildman–Crippen MR) is 48.9 cm³/mol. The number of hydrogen-bond acceptors (Lipinski definition) is 3. The lowest BCUT2D eigenvalue weighted by Gasteiger charge is -2.16. The van der Waals surface area contributed by atoms with Gasteiger partial charge in [0.2, 0.25) is 0 Å². The summed E-state index contributed by atoms with van der Waals surface area (Å²) in [4.78, 5) is 11.0.